The first-order valence-electron chi connectivity index (χ1n) is 8.72. The molecule has 3 N–H and O–H groups in total. The van der Waals surface area contributed by atoms with Gasteiger partial charge in [-0.15, -0.1) is 0 Å². The lowest BCUT2D eigenvalue weighted by atomic mass is 9.46. The van der Waals surface area contributed by atoms with E-state index in [1.54, 1.807) is 20.3 Å². The molecule has 1 saturated heterocycles. The first-order valence-corrected chi connectivity index (χ1v) is 8.72. The van der Waals surface area contributed by atoms with E-state index in [2.05, 4.69) is 5.32 Å². The fourth-order valence-electron chi connectivity index (χ4n) is 4.38. The molecule has 138 valence electrons. The van der Waals surface area contributed by atoms with Gasteiger partial charge < -0.3 is 25.3 Å². The quantitative estimate of drug-likeness (QED) is 0.873. The van der Waals surface area contributed by atoms with Gasteiger partial charge in [0, 0.05) is 29.7 Å². The second kappa shape index (κ2) is 6.18. The lowest BCUT2D eigenvalue weighted by Crippen LogP contribution is -2.81. The van der Waals surface area contributed by atoms with Crippen molar-refractivity contribution in [1.29, 1.82) is 0 Å². The van der Waals surface area contributed by atoms with Crippen LogP contribution in [0.3, 0.4) is 0 Å². The minimum atomic E-state index is -0.947. The van der Waals surface area contributed by atoms with Crippen LogP contribution >= 0.6 is 0 Å². The maximum atomic E-state index is 13.1. The number of anilines is 1. The Labute approximate surface area is 149 Å². The molecule has 1 aliphatic carbocycles. The van der Waals surface area contributed by atoms with E-state index in [9.17, 15) is 4.79 Å². The minimum Gasteiger partial charge on any atom is -0.493 e. The van der Waals surface area contributed by atoms with Crippen molar-refractivity contribution in [1.82, 2.24) is 0 Å². The summed E-state index contributed by atoms with van der Waals surface area (Å²) in [4.78, 5) is 13.1. The Morgan fingerprint density at radius 1 is 1.28 bits per heavy atom. The topological polar surface area (TPSA) is 82.8 Å². The van der Waals surface area contributed by atoms with Gasteiger partial charge in [0.2, 0.25) is 5.91 Å². The second-order valence-electron chi connectivity index (χ2n) is 7.61. The lowest BCUT2D eigenvalue weighted by molar-refractivity contribution is -0.222. The third kappa shape index (κ3) is 2.50. The van der Waals surface area contributed by atoms with E-state index in [0.29, 0.717) is 17.2 Å². The average molecular weight is 348 g/mol. The molecule has 0 radical (unpaired) electrons. The number of nitrogens with one attached hydrogen (secondary N) is 1. The zero-order valence-electron chi connectivity index (χ0n) is 15.6. The minimum absolute atomic E-state index is 0.0449. The van der Waals surface area contributed by atoms with Crippen LogP contribution < -0.4 is 20.5 Å². The Balaban J connectivity index is 1.87. The SMILES string of the molecule is COc1cc(C)c(NC(=O)C2(N)C3CCCOC3C2(C)C)cc1OC. The van der Waals surface area contributed by atoms with Gasteiger partial charge in [-0.25, -0.2) is 0 Å². The third-order valence-electron chi connectivity index (χ3n) is 6.04. The second-order valence-corrected chi connectivity index (χ2v) is 7.61. The largest absolute Gasteiger partial charge is 0.493 e. The fourth-order valence-corrected chi connectivity index (χ4v) is 4.38. The highest BCUT2D eigenvalue weighted by Gasteiger charge is 2.70. The molecule has 1 aliphatic heterocycles. The summed E-state index contributed by atoms with van der Waals surface area (Å²) in [5.41, 5.74) is 6.87. The van der Waals surface area contributed by atoms with E-state index < -0.39 is 11.0 Å². The number of ether oxygens (including phenoxy) is 3. The van der Waals surface area contributed by atoms with E-state index in [-0.39, 0.29) is 17.9 Å². The number of amides is 1. The summed E-state index contributed by atoms with van der Waals surface area (Å²) in [5.74, 6) is 1.09. The first kappa shape index (κ1) is 18.0. The number of methoxy groups -OCH3 is 2. The Morgan fingerprint density at radius 3 is 2.56 bits per heavy atom. The molecule has 1 saturated carbocycles. The molecule has 0 spiro atoms. The van der Waals surface area contributed by atoms with Crippen LogP contribution in [0.1, 0.15) is 32.3 Å². The van der Waals surface area contributed by atoms with Gasteiger partial charge >= 0.3 is 0 Å². The summed E-state index contributed by atoms with van der Waals surface area (Å²) in [6.45, 7) is 6.69. The number of carbonyl (C=O) groups excluding carboxylic acids is 1. The number of hydrogen-bond donors (Lipinski definition) is 2. The number of fused-ring (bicyclic) bond motifs is 1. The molecule has 0 aromatic heterocycles. The van der Waals surface area contributed by atoms with E-state index in [4.69, 9.17) is 19.9 Å². The van der Waals surface area contributed by atoms with Crippen LogP contribution in [-0.4, -0.2) is 38.4 Å². The van der Waals surface area contributed by atoms with Gasteiger partial charge in [-0.05, 0) is 31.4 Å². The number of benzene rings is 1. The van der Waals surface area contributed by atoms with Gasteiger partial charge in [0.1, 0.15) is 5.54 Å². The first-order chi connectivity index (χ1) is 11.8. The molecule has 25 heavy (non-hydrogen) atoms. The predicted octanol–water partition coefficient (Wildman–Crippen LogP) is 2.48. The van der Waals surface area contributed by atoms with Crippen LogP contribution in [0.4, 0.5) is 5.69 Å². The molecule has 1 amide bonds. The zero-order chi connectivity index (χ0) is 18.4. The maximum absolute atomic E-state index is 13.1. The molecule has 1 aromatic rings. The smallest absolute Gasteiger partial charge is 0.245 e. The highest BCUT2D eigenvalue weighted by molar-refractivity contribution is 6.01. The molecule has 3 unspecified atom stereocenters. The number of hydrogen-bond acceptors (Lipinski definition) is 5. The van der Waals surface area contributed by atoms with Crippen molar-refractivity contribution in [3.63, 3.8) is 0 Å². The number of carbonyl (C=O) groups is 1. The Bertz CT molecular complexity index is 688. The summed E-state index contributed by atoms with van der Waals surface area (Å²) in [7, 11) is 3.16. The Hall–Kier alpha value is -1.79. The summed E-state index contributed by atoms with van der Waals surface area (Å²) in [5, 5.41) is 3.01. The zero-order valence-corrected chi connectivity index (χ0v) is 15.6. The van der Waals surface area contributed by atoms with Crippen molar-refractivity contribution >= 4 is 11.6 Å². The van der Waals surface area contributed by atoms with Crippen LogP contribution in [0.25, 0.3) is 0 Å². The molecule has 2 aliphatic rings. The van der Waals surface area contributed by atoms with Crippen LogP contribution in [0.5, 0.6) is 11.5 Å². The molecule has 0 bridgehead atoms. The molecule has 1 heterocycles. The Morgan fingerprint density at radius 2 is 1.92 bits per heavy atom. The molecule has 6 nitrogen and oxygen atoms in total. The monoisotopic (exact) mass is 348 g/mol. The maximum Gasteiger partial charge on any atom is 0.245 e. The molecule has 3 atom stereocenters. The molecule has 3 rings (SSSR count). The summed E-state index contributed by atoms with van der Waals surface area (Å²) < 4.78 is 16.5. The fraction of sp³-hybridized carbons (Fsp3) is 0.632. The normalized spacial score (nSPS) is 30.0. The van der Waals surface area contributed by atoms with Gasteiger partial charge in [0.25, 0.3) is 0 Å². The van der Waals surface area contributed by atoms with Crippen LogP contribution in [0.2, 0.25) is 0 Å². The standard InChI is InChI=1S/C19H28N2O4/c1-11-9-14(23-4)15(24-5)10-13(11)21-17(22)19(20)12-7-6-8-25-16(12)18(19,2)3/h9-10,12,16H,6-8,20H2,1-5H3,(H,21,22). The van der Waals surface area contributed by atoms with Crippen LogP contribution in [-0.2, 0) is 9.53 Å². The van der Waals surface area contributed by atoms with Crippen molar-refractivity contribution in [3.05, 3.63) is 17.7 Å². The van der Waals surface area contributed by atoms with E-state index in [1.807, 2.05) is 26.8 Å². The van der Waals surface area contributed by atoms with Crippen molar-refractivity contribution in [3.8, 4) is 11.5 Å². The molecular formula is C19H28N2O4. The molecule has 1 aromatic carbocycles. The van der Waals surface area contributed by atoms with Crippen molar-refractivity contribution in [2.24, 2.45) is 17.1 Å². The van der Waals surface area contributed by atoms with E-state index in [1.165, 1.54) is 0 Å². The number of nitrogens with two attached hydrogens (primary N) is 1. The van der Waals surface area contributed by atoms with Crippen LogP contribution in [0, 0.1) is 18.3 Å². The van der Waals surface area contributed by atoms with Crippen LogP contribution in [0.15, 0.2) is 12.1 Å². The molecule has 2 fully saturated rings. The van der Waals surface area contributed by atoms with E-state index >= 15 is 0 Å². The summed E-state index contributed by atoms with van der Waals surface area (Å²) in [6, 6.07) is 3.62. The number of rotatable bonds is 4. The lowest BCUT2D eigenvalue weighted by Gasteiger charge is -2.65. The van der Waals surface area contributed by atoms with Gasteiger partial charge in [-0.3, -0.25) is 4.79 Å². The van der Waals surface area contributed by atoms with Crippen molar-refractivity contribution in [2.75, 3.05) is 26.1 Å². The van der Waals surface area contributed by atoms with Gasteiger partial charge in [-0.1, -0.05) is 13.8 Å². The predicted molar refractivity (Wildman–Crippen MR) is 96.1 cm³/mol. The molecule has 6 heteroatoms. The molecular weight excluding hydrogens is 320 g/mol. The highest BCUT2D eigenvalue weighted by atomic mass is 16.5. The third-order valence-corrected chi connectivity index (χ3v) is 6.04. The van der Waals surface area contributed by atoms with Gasteiger partial charge in [-0.2, -0.15) is 0 Å². The summed E-state index contributed by atoms with van der Waals surface area (Å²) >= 11 is 0. The number of aryl methyl sites for hydroxylation is 1. The van der Waals surface area contributed by atoms with Crippen molar-refractivity contribution < 1.29 is 19.0 Å². The summed E-state index contributed by atoms with van der Waals surface area (Å²) in [6.07, 6.45) is 1.91. The van der Waals surface area contributed by atoms with E-state index in [0.717, 1.165) is 25.0 Å². The van der Waals surface area contributed by atoms with Crippen molar-refractivity contribution in [2.45, 2.75) is 45.3 Å². The van der Waals surface area contributed by atoms with Gasteiger partial charge in [0.05, 0.1) is 20.3 Å². The van der Waals surface area contributed by atoms with Gasteiger partial charge in [0.15, 0.2) is 11.5 Å². The highest BCUT2D eigenvalue weighted by Crippen LogP contribution is 2.57. The Kier molecular flexibility index (Phi) is 4.45. The average Bonchev–Trinajstić information content (AvgIpc) is 2.62.